The highest BCUT2D eigenvalue weighted by molar-refractivity contribution is 5.94. The molecule has 1 aliphatic heterocycles. The third-order valence-corrected chi connectivity index (χ3v) is 3.69. The third-order valence-electron chi connectivity index (χ3n) is 3.69. The van der Waals surface area contributed by atoms with Crippen LogP contribution >= 0.6 is 0 Å². The zero-order valence-electron chi connectivity index (χ0n) is 12.5. The molecule has 1 aromatic rings. The Morgan fingerprint density at radius 2 is 1.91 bits per heavy atom. The maximum absolute atomic E-state index is 12.5. The number of β-amino-alcohol motifs (C(OH)–C–C–N with tert-alkyl or cyclic N) is 1. The Morgan fingerprint density at radius 3 is 2.41 bits per heavy atom. The molecule has 1 fully saturated rings. The van der Waals surface area contributed by atoms with Crippen LogP contribution in [-0.2, 0) is 6.18 Å². The van der Waals surface area contributed by atoms with E-state index in [1.807, 2.05) is 19.0 Å². The molecule has 1 atom stereocenters. The summed E-state index contributed by atoms with van der Waals surface area (Å²) in [4.78, 5) is 15.6. The molecule has 0 spiro atoms. The summed E-state index contributed by atoms with van der Waals surface area (Å²) in [6.45, 7) is 1.01. The molecular formula is C15H19F3N2O2. The van der Waals surface area contributed by atoms with Crippen LogP contribution in [-0.4, -0.2) is 60.1 Å². The van der Waals surface area contributed by atoms with Crippen molar-refractivity contribution in [2.75, 3.05) is 33.7 Å². The maximum Gasteiger partial charge on any atom is 0.416 e. The number of aliphatic hydroxyl groups is 1. The highest BCUT2D eigenvalue weighted by atomic mass is 19.4. The SMILES string of the molecule is CN(C)C[C@]1(O)CCN(C(=O)c2ccc(C(F)(F)F)cc2)C1. The van der Waals surface area contributed by atoms with E-state index in [1.165, 1.54) is 17.0 Å². The predicted octanol–water partition coefficient (Wildman–Crippen LogP) is 1.84. The van der Waals surface area contributed by atoms with Crippen molar-refractivity contribution >= 4 is 5.91 Å². The molecule has 0 bridgehead atoms. The average Bonchev–Trinajstić information content (AvgIpc) is 2.78. The van der Waals surface area contributed by atoms with E-state index in [0.717, 1.165) is 12.1 Å². The summed E-state index contributed by atoms with van der Waals surface area (Å²) in [5.74, 6) is -0.358. The molecular weight excluding hydrogens is 297 g/mol. The number of nitrogens with zero attached hydrogens (tertiary/aromatic N) is 2. The van der Waals surface area contributed by atoms with E-state index in [-0.39, 0.29) is 18.0 Å². The highest BCUT2D eigenvalue weighted by Crippen LogP contribution is 2.30. The van der Waals surface area contributed by atoms with E-state index in [1.54, 1.807) is 0 Å². The van der Waals surface area contributed by atoms with E-state index >= 15 is 0 Å². The van der Waals surface area contributed by atoms with Crippen LogP contribution in [0.15, 0.2) is 24.3 Å². The van der Waals surface area contributed by atoms with Crippen LogP contribution in [0.5, 0.6) is 0 Å². The summed E-state index contributed by atoms with van der Waals surface area (Å²) in [5, 5.41) is 10.4. The van der Waals surface area contributed by atoms with E-state index in [4.69, 9.17) is 0 Å². The van der Waals surface area contributed by atoms with E-state index < -0.39 is 17.3 Å². The van der Waals surface area contributed by atoms with Gasteiger partial charge in [-0.05, 0) is 44.8 Å². The summed E-state index contributed by atoms with van der Waals surface area (Å²) in [6.07, 6.45) is -3.96. The van der Waals surface area contributed by atoms with Crippen LogP contribution < -0.4 is 0 Å². The van der Waals surface area contributed by atoms with Crippen molar-refractivity contribution in [3.8, 4) is 0 Å². The Bertz CT molecular complexity index is 543. The predicted molar refractivity (Wildman–Crippen MR) is 75.5 cm³/mol. The normalized spacial score (nSPS) is 22.4. The van der Waals surface area contributed by atoms with Crippen LogP contribution in [0.1, 0.15) is 22.3 Å². The average molecular weight is 316 g/mol. The molecule has 1 aliphatic rings. The van der Waals surface area contributed by atoms with Crippen molar-refractivity contribution in [3.63, 3.8) is 0 Å². The second-order valence-electron chi connectivity index (χ2n) is 6.01. The minimum absolute atomic E-state index is 0.186. The van der Waals surface area contributed by atoms with Gasteiger partial charge in [0.05, 0.1) is 17.7 Å². The quantitative estimate of drug-likeness (QED) is 0.925. The second kappa shape index (κ2) is 5.89. The van der Waals surface area contributed by atoms with Crippen molar-refractivity contribution in [1.29, 1.82) is 0 Å². The van der Waals surface area contributed by atoms with Gasteiger partial charge in [-0.2, -0.15) is 13.2 Å². The molecule has 0 aliphatic carbocycles. The standard InChI is InChI=1S/C15H19F3N2O2/c1-19(2)9-14(22)7-8-20(10-14)13(21)11-3-5-12(6-4-11)15(16,17)18/h3-6,22H,7-10H2,1-2H3/t14-/m1/s1. The zero-order chi connectivity index (χ0) is 16.5. The van der Waals surface area contributed by atoms with Gasteiger partial charge in [-0.3, -0.25) is 4.79 Å². The molecule has 0 saturated carbocycles. The number of carbonyl (C=O) groups is 1. The molecule has 7 heteroatoms. The number of likely N-dealkylation sites (N-methyl/N-ethyl adjacent to an activating group) is 1. The van der Waals surface area contributed by atoms with Gasteiger partial charge in [-0.1, -0.05) is 0 Å². The fourth-order valence-electron chi connectivity index (χ4n) is 2.73. The molecule has 0 radical (unpaired) electrons. The van der Waals surface area contributed by atoms with Crippen molar-refractivity contribution in [1.82, 2.24) is 9.80 Å². The van der Waals surface area contributed by atoms with E-state index in [9.17, 15) is 23.1 Å². The Kier molecular flexibility index (Phi) is 4.49. The minimum Gasteiger partial charge on any atom is -0.387 e. The summed E-state index contributed by atoms with van der Waals surface area (Å²) >= 11 is 0. The summed E-state index contributed by atoms with van der Waals surface area (Å²) in [6, 6.07) is 4.15. The molecule has 0 aromatic heterocycles. The van der Waals surface area contributed by atoms with Crippen LogP contribution in [0.4, 0.5) is 13.2 Å². The molecule has 2 rings (SSSR count). The smallest absolute Gasteiger partial charge is 0.387 e. The molecule has 1 aromatic carbocycles. The molecule has 0 unspecified atom stereocenters. The number of hydrogen-bond acceptors (Lipinski definition) is 3. The highest BCUT2D eigenvalue weighted by Gasteiger charge is 2.39. The lowest BCUT2D eigenvalue weighted by molar-refractivity contribution is -0.137. The lowest BCUT2D eigenvalue weighted by Gasteiger charge is -2.26. The number of amides is 1. The van der Waals surface area contributed by atoms with E-state index in [2.05, 4.69) is 0 Å². The first-order valence-electron chi connectivity index (χ1n) is 6.94. The molecule has 1 saturated heterocycles. The van der Waals surface area contributed by atoms with Crippen LogP contribution in [0.3, 0.4) is 0 Å². The van der Waals surface area contributed by atoms with Crippen molar-refractivity contribution in [2.24, 2.45) is 0 Å². The molecule has 1 heterocycles. The van der Waals surface area contributed by atoms with Gasteiger partial charge in [0.25, 0.3) is 5.91 Å². The Morgan fingerprint density at radius 1 is 1.32 bits per heavy atom. The summed E-state index contributed by atoms with van der Waals surface area (Å²) < 4.78 is 37.5. The molecule has 1 N–H and O–H groups in total. The largest absolute Gasteiger partial charge is 0.416 e. The van der Waals surface area contributed by atoms with Crippen LogP contribution in [0.2, 0.25) is 0 Å². The summed E-state index contributed by atoms with van der Waals surface area (Å²) in [7, 11) is 3.66. The van der Waals surface area contributed by atoms with Gasteiger partial charge in [-0.25, -0.2) is 0 Å². The fraction of sp³-hybridized carbons (Fsp3) is 0.533. The second-order valence-corrected chi connectivity index (χ2v) is 6.01. The van der Waals surface area contributed by atoms with Gasteiger partial charge < -0.3 is 14.9 Å². The lowest BCUT2D eigenvalue weighted by Crippen LogP contribution is -2.43. The number of likely N-dealkylation sites (tertiary alicyclic amines) is 1. The van der Waals surface area contributed by atoms with Crippen molar-refractivity contribution in [2.45, 2.75) is 18.2 Å². The maximum atomic E-state index is 12.5. The first-order chi connectivity index (χ1) is 10.1. The Balaban J connectivity index is 2.07. The van der Waals surface area contributed by atoms with Gasteiger partial charge in [0.2, 0.25) is 0 Å². The monoisotopic (exact) mass is 316 g/mol. The molecule has 122 valence electrons. The Hall–Kier alpha value is -1.60. The number of alkyl halides is 3. The molecule has 1 amide bonds. The number of carbonyl (C=O) groups excluding carboxylic acids is 1. The van der Waals surface area contributed by atoms with Crippen LogP contribution in [0, 0.1) is 0 Å². The van der Waals surface area contributed by atoms with Crippen LogP contribution in [0.25, 0.3) is 0 Å². The number of benzene rings is 1. The fourth-order valence-corrected chi connectivity index (χ4v) is 2.73. The first kappa shape index (κ1) is 16.8. The minimum atomic E-state index is -4.42. The number of hydrogen-bond donors (Lipinski definition) is 1. The molecule has 22 heavy (non-hydrogen) atoms. The first-order valence-corrected chi connectivity index (χ1v) is 6.94. The van der Waals surface area contributed by atoms with Gasteiger partial charge in [0, 0.05) is 18.7 Å². The number of halogens is 3. The molecule has 4 nitrogen and oxygen atoms in total. The van der Waals surface area contributed by atoms with Gasteiger partial charge in [0.1, 0.15) is 0 Å². The van der Waals surface area contributed by atoms with Crippen molar-refractivity contribution < 1.29 is 23.1 Å². The topological polar surface area (TPSA) is 43.8 Å². The Labute approximate surface area is 127 Å². The third kappa shape index (κ3) is 3.78. The lowest BCUT2D eigenvalue weighted by atomic mass is 10.0. The van der Waals surface area contributed by atoms with Gasteiger partial charge in [0.15, 0.2) is 0 Å². The van der Waals surface area contributed by atoms with Gasteiger partial charge in [-0.15, -0.1) is 0 Å². The number of rotatable bonds is 3. The summed E-state index contributed by atoms with van der Waals surface area (Å²) in [5.41, 5.74) is -1.55. The zero-order valence-corrected chi connectivity index (χ0v) is 12.5. The van der Waals surface area contributed by atoms with E-state index in [0.29, 0.717) is 19.5 Å². The van der Waals surface area contributed by atoms with Gasteiger partial charge >= 0.3 is 6.18 Å². The van der Waals surface area contributed by atoms with Crippen molar-refractivity contribution in [3.05, 3.63) is 35.4 Å².